The first kappa shape index (κ1) is 35.9. The van der Waals surface area contributed by atoms with Crippen LogP contribution in [0.25, 0.3) is 0 Å². The Balaban J connectivity index is 1.24. The Kier molecular flexibility index (Phi) is 15.2. The van der Waals surface area contributed by atoms with Crippen molar-refractivity contribution in [2.45, 2.75) is 85.3 Å². The highest BCUT2D eigenvalue weighted by Crippen LogP contribution is 2.49. The number of alkyl carbamates (subject to hydrolysis) is 2. The van der Waals surface area contributed by atoms with E-state index in [1.165, 1.54) is 5.56 Å². The number of unbranched alkanes of at least 4 members (excludes halogenated alkanes) is 2. The molecule has 1 saturated carbocycles. The molecule has 2 aromatic rings. The molecule has 248 valence electrons. The largest absolute Gasteiger partial charge is 0.466 e. The van der Waals surface area contributed by atoms with Gasteiger partial charge in [-0.25, -0.2) is 9.59 Å². The van der Waals surface area contributed by atoms with Crippen LogP contribution in [0.15, 0.2) is 60.7 Å². The average molecular weight is 625 g/mol. The molecule has 0 aromatic heterocycles. The maximum absolute atomic E-state index is 12.6. The number of hydrogen-bond donors (Lipinski definition) is 2. The second kappa shape index (κ2) is 19.0. The number of esters is 1. The van der Waals surface area contributed by atoms with Gasteiger partial charge in [0.05, 0.1) is 26.4 Å². The monoisotopic (exact) mass is 624 g/mol. The molecule has 1 aliphatic carbocycles. The van der Waals surface area contributed by atoms with Gasteiger partial charge in [0.1, 0.15) is 0 Å². The second-order valence-corrected chi connectivity index (χ2v) is 13.3. The van der Waals surface area contributed by atoms with Gasteiger partial charge in [-0.15, -0.1) is 0 Å². The molecule has 0 spiro atoms. The predicted molar refractivity (Wildman–Crippen MR) is 173 cm³/mol. The summed E-state index contributed by atoms with van der Waals surface area (Å²) in [7, 11) is 0. The lowest BCUT2D eigenvalue weighted by atomic mass is 9.60. The van der Waals surface area contributed by atoms with E-state index in [0.29, 0.717) is 45.8 Å². The van der Waals surface area contributed by atoms with E-state index < -0.39 is 12.2 Å². The van der Waals surface area contributed by atoms with E-state index in [1.807, 2.05) is 48.5 Å². The van der Waals surface area contributed by atoms with Gasteiger partial charge < -0.3 is 29.6 Å². The molecule has 2 aromatic carbocycles. The van der Waals surface area contributed by atoms with E-state index in [4.69, 9.17) is 18.9 Å². The van der Waals surface area contributed by atoms with Crippen molar-refractivity contribution in [1.29, 1.82) is 0 Å². The molecule has 0 saturated heterocycles. The van der Waals surface area contributed by atoms with Gasteiger partial charge >= 0.3 is 18.2 Å². The molecule has 2 atom stereocenters. The zero-order valence-electron chi connectivity index (χ0n) is 27.3. The number of hydrogen-bond acceptors (Lipinski definition) is 7. The van der Waals surface area contributed by atoms with Crippen molar-refractivity contribution in [2.24, 2.45) is 16.7 Å². The minimum absolute atomic E-state index is 0.0434. The summed E-state index contributed by atoms with van der Waals surface area (Å²) in [4.78, 5) is 36.8. The molecule has 45 heavy (non-hydrogen) atoms. The first-order valence-electron chi connectivity index (χ1n) is 16.2. The van der Waals surface area contributed by atoms with E-state index in [1.54, 1.807) is 0 Å². The topological polar surface area (TPSA) is 112 Å². The normalized spacial score (nSPS) is 18.9. The molecule has 9 nitrogen and oxygen atoms in total. The summed E-state index contributed by atoms with van der Waals surface area (Å²) in [6.45, 7) is 9.51. The molecule has 0 aliphatic heterocycles. The second-order valence-electron chi connectivity index (χ2n) is 13.3. The third-order valence-electron chi connectivity index (χ3n) is 7.99. The number of rotatable bonds is 18. The fourth-order valence-electron chi connectivity index (χ4n) is 6.40. The van der Waals surface area contributed by atoms with Crippen LogP contribution in [0.5, 0.6) is 0 Å². The Hall–Kier alpha value is -3.59. The van der Waals surface area contributed by atoms with Gasteiger partial charge in [0.15, 0.2) is 0 Å². The fraction of sp³-hybridized carbons (Fsp3) is 0.583. The molecule has 1 fully saturated rings. The number of benzene rings is 2. The van der Waals surface area contributed by atoms with Gasteiger partial charge in [0, 0.05) is 32.5 Å². The lowest BCUT2D eigenvalue weighted by Crippen LogP contribution is -2.44. The zero-order chi connectivity index (χ0) is 32.4. The number of nitrogens with one attached hydrogen (secondary N) is 2. The first-order chi connectivity index (χ1) is 21.6. The molecule has 2 N–H and O–H groups in total. The van der Waals surface area contributed by atoms with Gasteiger partial charge in [-0.3, -0.25) is 4.79 Å². The smallest absolute Gasteiger partial charge is 0.407 e. The van der Waals surface area contributed by atoms with Crippen LogP contribution < -0.4 is 10.6 Å². The third-order valence-corrected chi connectivity index (χ3v) is 7.99. The molecule has 2 amide bonds. The maximum atomic E-state index is 12.6. The minimum atomic E-state index is -0.505. The van der Waals surface area contributed by atoms with Gasteiger partial charge in [-0.1, -0.05) is 81.4 Å². The van der Waals surface area contributed by atoms with Crippen molar-refractivity contribution in [3.63, 3.8) is 0 Å². The molecular weight excluding hydrogens is 572 g/mol. The van der Waals surface area contributed by atoms with Crippen molar-refractivity contribution in [3.05, 3.63) is 71.8 Å². The molecule has 0 heterocycles. The van der Waals surface area contributed by atoms with E-state index in [0.717, 1.165) is 44.1 Å². The summed E-state index contributed by atoms with van der Waals surface area (Å²) < 4.78 is 21.7. The van der Waals surface area contributed by atoms with Crippen molar-refractivity contribution in [2.75, 3.05) is 33.0 Å². The molecule has 2 unspecified atom stereocenters. The Bertz CT molecular complexity index is 1160. The highest BCUT2D eigenvalue weighted by molar-refractivity contribution is 5.69. The highest BCUT2D eigenvalue weighted by atomic mass is 16.6. The van der Waals surface area contributed by atoms with Crippen LogP contribution in [0.3, 0.4) is 0 Å². The number of carbonyl (C=O) groups excluding carboxylic acids is 3. The summed E-state index contributed by atoms with van der Waals surface area (Å²) >= 11 is 0. The molecule has 0 bridgehead atoms. The van der Waals surface area contributed by atoms with Crippen LogP contribution in [-0.2, 0) is 36.9 Å². The minimum Gasteiger partial charge on any atom is -0.466 e. The van der Waals surface area contributed by atoms with E-state index in [-0.39, 0.29) is 35.9 Å². The van der Waals surface area contributed by atoms with E-state index in [2.05, 4.69) is 43.5 Å². The molecular formula is C36H52N2O7. The average Bonchev–Trinajstić information content (AvgIpc) is 3.00. The first-order valence-corrected chi connectivity index (χ1v) is 16.2. The van der Waals surface area contributed by atoms with Crippen LogP contribution in [-0.4, -0.2) is 51.1 Å². The molecule has 0 radical (unpaired) electrons. The lowest BCUT2D eigenvalue weighted by molar-refractivity contribution is -0.146. The van der Waals surface area contributed by atoms with Gasteiger partial charge in [-0.2, -0.15) is 0 Å². The van der Waals surface area contributed by atoms with Crippen LogP contribution in [0.4, 0.5) is 9.59 Å². The standard InChI is InChI=1S/C36H52N2O7/c1-35(2)23-31(22-32(39)43-19-12-6-11-18-42-26-30-16-9-5-10-17-30)24-36(3,27-35)28-38-34(41)45-21-13-20-44-33(40)37-25-29-14-7-4-8-15-29/h4-5,7-10,14-17,31H,6,11-13,18-28H2,1-3H3,(H,37,40)(H,38,41). The summed E-state index contributed by atoms with van der Waals surface area (Å²) in [5.74, 6) is 0.0457. The van der Waals surface area contributed by atoms with Crippen molar-refractivity contribution in [1.82, 2.24) is 10.6 Å². The van der Waals surface area contributed by atoms with Crippen molar-refractivity contribution >= 4 is 18.2 Å². The predicted octanol–water partition coefficient (Wildman–Crippen LogP) is 7.18. The van der Waals surface area contributed by atoms with Crippen LogP contribution in [0, 0.1) is 16.7 Å². The molecule has 1 aliphatic rings. The Labute approximate surface area is 268 Å². The van der Waals surface area contributed by atoms with Crippen LogP contribution >= 0.6 is 0 Å². The van der Waals surface area contributed by atoms with Crippen molar-refractivity contribution in [3.8, 4) is 0 Å². The number of carbonyl (C=O) groups is 3. The summed E-state index contributed by atoms with van der Waals surface area (Å²) in [6, 6.07) is 19.7. The SMILES string of the molecule is CC1(C)CC(CC(=O)OCCCCCOCc2ccccc2)CC(C)(CNC(=O)OCCCOC(=O)NCc2ccccc2)C1. The highest BCUT2D eigenvalue weighted by Gasteiger charge is 2.42. The van der Waals surface area contributed by atoms with E-state index in [9.17, 15) is 14.4 Å². The van der Waals surface area contributed by atoms with Crippen LogP contribution in [0.1, 0.15) is 83.3 Å². The van der Waals surface area contributed by atoms with Gasteiger partial charge in [0.25, 0.3) is 0 Å². The fourth-order valence-corrected chi connectivity index (χ4v) is 6.40. The van der Waals surface area contributed by atoms with Crippen molar-refractivity contribution < 1.29 is 33.3 Å². The molecule has 9 heteroatoms. The third kappa shape index (κ3) is 15.3. The number of ether oxygens (including phenoxy) is 4. The summed E-state index contributed by atoms with van der Waals surface area (Å²) in [5.41, 5.74) is 2.04. The lowest BCUT2D eigenvalue weighted by Gasteiger charge is -2.46. The Morgan fingerprint density at radius 3 is 2.00 bits per heavy atom. The summed E-state index contributed by atoms with van der Waals surface area (Å²) in [5, 5.41) is 5.60. The quantitative estimate of drug-likeness (QED) is 0.103. The Morgan fingerprint density at radius 1 is 0.711 bits per heavy atom. The summed E-state index contributed by atoms with van der Waals surface area (Å²) in [6.07, 6.45) is 5.23. The van der Waals surface area contributed by atoms with E-state index >= 15 is 0 Å². The maximum Gasteiger partial charge on any atom is 0.407 e. The van der Waals surface area contributed by atoms with Crippen LogP contribution in [0.2, 0.25) is 0 Å². The van der Waals surface area contributed by atoms with Gasteiger partial charge in [-0.05, 0) is 66.4 Å². The van der Waals surface area contributed by atoms with Gasteiger partial charge in [0.2, 0.25) is 0 Å². The Morgan fingerprint density at radius 2 is 1.31 bits per heavy atom. The zero-order valence-corrected chi connectivity index (χ0v) is 27.3. The number of amides is 2. The molecule has 3 rings (SSSR count).